The highest BCUT2D eigenvalue weighted by Gasteiger charge is 2.08. The Morgan fingerprint density at radius 3 is 2.26 bits per heavy atom. The minimum Gasteiger partial charge on any atom is -0.0843 e. The molecule has 3 aromatic carbocycles. The number of hydrogen-bond acceptors (Lipinski definition) is 0. The first-order valence-corrected chi connectivity index (χ1v) is 7.27. The molecule has 0 fully saturated rings. The predicted molar refractivity (Wildman–Crippen MR) is 86.8 cm³/mol. The van der Waals surface area contributed by atoms with Crippen LogP contribution in [0.3, 0.4) is 0 Å². The summed E-state index contributed by atoms with van der Waals surface area (Å²) in [6.45, 7) is 2.10. The zero-order chi connectivity index (χ0) is 13.4. The molecule has 0 heterocycles. The van der Waals surface area contributed by atoms with Gasteiger partial charge in [-0.15, -0.1) is 0 Å². The van der Waals surface area contributed by atoms with Gasteiger partial charge in [0.2, 0.25) is 0 Å². The van der Waals surface area contributed by atoms with Crippen molar-refractivity contribution in [3.63, 3.8) is 0 Å². The summed E-state index contributed by atoms with van der Waals surface area (Å²) in [5.41, 5.74) is 3.67. The van der Waals surface area contributed by atoms with Crippen LogP contribution in [0.15, 0.2) is 59.1 Å². The van der Waals surface area contributed by atoms with Crippen LogP contribution in [-0.2, 0) is 0 Å². The second-order valence-corrected chi connectivity index (χ2v) is 5.89. The summed E-state index contributed by atoms with van der Waals surface area (Å²) in [7, 11) is 0. The lowest BCUT2D eigenvalue weighted by Gasteiger charge is -2.11. The molecule has 3 rings (SSSR count). The van der Waals surface area contributed by atoms with Crippen LogP contribution in [0.4, 0.5) is 0 Å². The molecular weight excluding hydrogens is 320 g/mol. The van der Waals surface area contributed by atoms with Crippen molar-refractivity contribution in [3.05, 3.63) is 69.7 Å². The van der Waals surface area contributed by atoms with Gasteiger partial charge in [-0.3, -0.25) is 0 Å². The molecule has 0 bridgehead atoms. The third-order valence-electron chi connectivity index (χ3n) is 3.35. The minimum atomic E-state index is 0.780. The van der Waals surface area contributed by atoms with Gasteiger partial charge in [0.25, 0.3) is 0 Å². The number of fused-ring (bicyclic) bond motifs is 1. The summed E-state index contributed by atoms with van der Waals surface area (Å²) in [5.74, 6) is 0. The second kappa shape index (κ2) is 4.99. The zero-order valence-corrected chi connectivity index (χ0v) is 12.8. The lowest BCUT2D eigenvalue weighted by atomic mass is 9.95. The van der Waals surface area contributed by atoms with Crippen LogP contribution in [0.25, 0.3) is 21.9 Å². The molecule has 94 valence electrons. The van der Waals surface area contributed by atoms with E-state index < -0.39 is 0 Å². The van der Waals surface area contributed by atoms with E-state index in [2.05, 4.69) is 65.3 Å². The SMILES string of the molecule is Cc1cc(Cl)ccc1-c1ccc(Br)c2ccccc12. The van der Waals surface area contributed by atoms with Gasteiger partial charge in [-0.1, -0.05) is 63.9 Å². The van der Waals surface area contributed by atoms with Crippen LogP contribution in [0.5, 0.6) is 0 Å². The fourth-order valence-corrected chi connectivity index (χ4v) is 3.13. The van der Waals surface area contributed by atoms with E-state index in [-0.39, 0.29) is 0 Å². The van der Waals surface area contributed by atoms with Crippen molar-refractivity contribution in [2.24, 2.45) is 0 Å². The molecule has 0 aliphatic heterocycles. The summed E-state index contributed by atoms with van der Waals surface area (Å²) >= 11 is 9.65. The highest BCUT2D eigenvalue weighted by molar-refractivity contribution is 9.10. The van der Waals surface area contributed by atoms with Gasteiger partial charge in [-0.25, -0.2) is 0 Å². The fraction of sp³-hybridized carbons (Fsp3) is 0.0588. The molecule has 0 saturated heterocycles. The molecule has 19 heavy (non-hydrogen) atoms. The van der Waals surface area contributed by atoms with Crippen molar-refractivity contribution < 1.29 is 0 Å². The number of aryl methyl sites for hydroxylation is 1. The van der Waals surface area contributed by atoms with Crippen LogP contribution in [0.1, 0.15) is 5.56 Å². The molecule has 0 radical (unpaired) electrons. The average molecular weight is 332 g/mol. The Morgan fingerprint density at radius 2 is 1.53 bits per heavy atom. The van der Waals surface area contributed by atoms with Gasteiger partial charge in [0.05, 0.1) is 0 Å². The topological polar surface area (TPSA) is 0 Å². The first-order chi connectivity index (χ1) is 9.16. The number of halogens is 2. The Balaban J connectivity index is 2.34. The van der Waals surface area contributed by atoms with E-state index in [1.807, 2.05) is 12.1 Å². The number of benzene rings is 3. The summed E-state index contributed by atoms with van der Waals surface area (Å²) in [4.78, 5) is 0. The largest absolute Gasteiger partial charge is 0.0843 e. The number of rotatable bonds is 1. The van der Waals surface area contributed by atoms with Crippen molar-refractivity contribution >= 4 is 38.3 Å². The van der Waals surface area contributed by atoms with Crippen molar-refractivity contribution in [3.8, 4) is 11.1 Å². The van der Waals surface area contributed by atoms with E-state index in [1.54, 1.807) is 0 Å². The molecule has 0 aliphatic carbocycles. The highest BCUT2D eigenvalue weighted by Crippen LogP contribution is 2.35. The molecular formula is C17H12BrCl. The van der Waals surface area contributed by atoms with Crippen LogP contribution in [0, 0.1) is 6.92 Å². The molecule has 0 unspecified atom stereocenters. The van der Waals surface area contributed by atoms with Gasteiger partial charge in [0.1, 0.15) is 0 Å². The van der Waals surface area contributed by atoms with Crippen LogP contribution < -0.4 is 0 Å². The molecule has 2 heteroatoms. The average Bonchev–Trinajstić information content (AvgIpc) is 2.41. The molecule has 0 aromatic heterocycles. The Bertz CT molecular complexity index is 762. The van der Waals surface area contributed by atoms with Crippen LogP contribution in [-0.4, -0.2) is 0 Å². The van der Waals surface area contributed by atoms with E-state index in [9.17, 15) is 0 Å². The third-order valence-corrected chi connectivity index (χ3v) is 4.28. The molecule has 0 saturated carbocycles. The van der Waals surface area contributed by atoms with E-state index in [0.29, 0.717) is 0 Å². The molecule has 0 nitrogen and oxygen atoms in total. The van der Waals surface area contributed by atoms with Crippen molar-refractivity contribution in [2.75, 3.05) is 0 Å². The molecule has 0 amide bonds. The molecule has 0 N–H and O–H groups in total. The second-order valence-electron chi connectivity index (χ2n) is 4.60. The van der Waals surface area contributed by atoms with E-state index in [4.69, 9.17) is 11.6 Å². The first-order valence-electron chi connectivity index (χ1n) is 6.10. The standard InChI is InChI=1S/C17H12BrCl/c1-11-10-12(19)6-7-13(11)15-8-9-17(18)16-5-3-2-4-14(15)16/h2-10H,1H3. The summed E-state index contributed by atoms with van der Waals surface area (Å²) in [6, 6.07) is 18.7. The van der Waals surface area contributed by atoms with Crippen LogP contribution >= 0.6 is 27.5 Å². The van der Waals surface area contributed by atoms with Gasteiger partial charge < -0.3 is 0 Å². The Hall–Kier alpha value is -1.31. The van der Waals surface area contributed by atoms with Crippen molar-refractivity contribution in [1.29, 1.82) is 0 Å². The lowest BCUT2D eigenvalue weighted by Crippen LogP contribution is -1.86. The summed E-state index contributed by atoms with van der Waals surface area (Å²) < 4.78 is 1.12. The van der Waals surface area contributed by atoms with Gasteiger partial charge in [0.15, 0.2) is 0 Å². The maximum Gasteiger partial charge on any atom is 0.0409 e. The van der Waals surface area contributed by atoms with Crippen molar-refractivity contribution in [1.82, 2.24) is 0 Å². The van der Waals surface area contributed by atoms with Crippen LogP contribution in [0.2, 0.25) is 5.02 Å². The van der Waals surface area contributed by atoms with Gasteiger partial charge in [0, 0.05) is 9.50 Å². The molecule has 0 atom stereocenters. The van der Waals surface area contributed by atoms with E-state index >= 15 is 0 Å². The maximum absolute atomic E-state index is 6.04. The smallest absolute Gasteiger partial charge is 0.0409 e. The molecule has 0 aliphatic rings. The highest BCUT2D eigenvalue weighted by atomic mass is 79.9. The van der Waals surface area contributed by atoms with Crippen molar-refractivity contribution in [2.45, 2.75) is 6.92 Å². The normalized spacial score (nSPS) is 10.9. The zero-order valence-electron chi connectivity index (χ0n) is 10.5. The fourth-order valence-electron chi connectivity index (χ4n) is 2.43. The summed E-state index contributed by atoms with van der Waals surface area (Å²) in [6.07, 6.45) is 0. The van der Waals surface area contributed by atoms with E-state index in [1.165, 1.54) is 27.5 Å². The Labute approximate surface area is 126 Å². The predicted octanol–water partition coefficient (Wildman–Crippen LogP) is 6.23. The lowest BCUT2D eigenvalue weighted by molar-refractivity contribution is 1.47. The van der Waals surface area contributed by atoms with Gasteiger partial charge >= 0.3 is 0 Å². The monoisotopic (exact) mass is 330 g/mol. The maximum atomic E-state index is 6.04. The quantitative estimate of drug-likeness (QED) is 0.496. The Kier molecular flexibility index (Phi) is 3.34. The van der Waals surface area contributed by atoms with Gasteiger partial charge in [-0.05, 0) is 52.6 Å². The minimum absolute atomic E-state index is 0.780. The van der Waals surface area contributed by atoms with E-state index in [0.717, 1.165) is 9.50 Å². The van der Waals surface area contributed by atoms with Gasteiger partial charge in [-0.2, -0.15) is 0 Å². The molecule has 0 spiro atoms. The summed E-state index contributed by atoms with van der Waals surface area (Å²) in [5, 5.41) is 3.26. The number of hydrogen-bond donors (Lipinski definition) is 0. The first kappa shape index (κ1) is 12.7. The Morgan fingerprint density at radius 1 is 0.842 bits per heavy atom. The third kappa shape index (κ3) is 2.29. The molecule has 3 aromatic rings.